The molecular formula is C18H24N2O4. The lowest BCUT2D eigenvalue weighted by molar-refractivity contribution is -0.144. The third-order valence-electron chi connectivity index (χ3n) is 4.51. The highest BCUT2D eigenvalue weighted by molar-refractivity contribution is 5.88. The fraction of sp³-hybridized carbons (Fsp3) is 0.500. The monoisotopic (exact) mass is 332 g/mol. The van der Waals surface area contributed by atoms with Crippen molar-refractivity contribution in [1.29, 1.82) is 0 Å². The molecule has 1 unspecified atom stereocenters. The minimum atomic E-state index is -0.767. The summed E-state index contributed by atoms with van der Waals surface area (Å²) in [6.45, 7) is 3.35. The molecule has 0 aromatic heterocycles. The summed E-state index contributed by atoms with van der Waals surface area (Å²) in [5.74, 6) is -1.38. The quantitative estimate of drug-likeness (QED) is 0.772. The Morgan fingerprint density at radius 1 is 1.12 bits per heavy atom. The lowest BCUT2D eigenvalue weighted by Gasteiger charge is -2.26. The third kappa shape index (κ3) is 4.81. The molecule has 0 radical (unpaired) electrons. The second-order valence-electron chi connectivity index (χ2n) is 6.42. The molecule has 2 rings (SSSR count). The number of aliphatic carboxylic acids is 1. The smallest absolute Gasteiger partial charge is 0.306 e. The molecule has 130 valence electrons. The molecule has 1 saturated carbocycles. The number of rotatable bonds is 5. The summed E-state index contributed by atoms with van der Waals surface area (Å²) in [7, 11) is 0. The average molecular weight is 332 g/mol. The molecule has 0 saturated heterocycles. The molecule has 1 aromatic carbocycles. The van der Waals surface area contributed by atoms with Gasteiger partial charge in [0.25, 0.3) is 0 Å². The zero-order valence-corrected chi connectivity index (χ0v) is 14.0. The summed E-state index contributed by atoms with van der Waals surface area (Å²) >= 11 is 0. The predicted molar refractivity (Wildman–Crippen MR) is 90.4 cm³/mol. The number of benzene rings is 1. The van der Waals surface area contributed by atoms with Crippen LogP contribution in [-0.2, 0) is 14.4 Å². The van der Waals surface area contributed by atoms with Crippen molar-refractivity contribution < 1.29 is 19.5 Å². The van der Waals surface area contributed by atoms with Gasteiger partial charge in [-0.25, -0.2) is 0 Å². The van der Waals surface area contributed by atoms with Gasteiger partial charge in [-0.3, -0.25) is 14.4 Å². The number of amides is 2. The van der Waals surface area contributed by atoms with Crippen molar-refractivity contribution in [3.63, 3.8) is 0 Å². The van der Waals surface area contributed by atoms with Crippen LogP contribution in [0.25, 0.3) is 0 Å². The molecule has 3 N–H and O–H groups in total. The van der Waals surface area contributed by atoms with Crippen LogP contribution in [0.1, 0.15) is 51.1 Å². The van der Waals surface area contributed by atoms with E-state index in [2.05, 4.69) is 10.6 Å². The van der Waals surface area contributed by atoms with Crippen LogP contribution in [0.4, 0.5) is 5.69 Å². The van der Waals surface area contributed by atoms with E-state index in [1.807, 2.05) is 25.1 Å². The van der Waals surface area contributed by atoms with Gasteiger partial charge in [0.1, 0.15) is 0 Å². The van der Waals surface area contributed by atoms with E-state index >= 15 is 0 Å². The van der Waals surface area contributed by atoms with Crippen LogP contribution in [0.2, 0.25) is 0 Å². The number of nitrogens with one attached hydrogen (secondary N) is 2. The van der Waals surface area contributed by atoms with Crippen molar-refractivity contribution in [1.82, 2.24) is 5.32 Å². The number of hydrogen-bond acceptors (Lipinski definition) is 3. The van der Waals surface area contributed by atoms with E-state index in [4.69, 9.17) is 5.11 Å². The minimum absolute atomic E-state index is 0.0312. The van der Waals surface area contributed by atoms with Crippen molar-refractivity contribution in [3.05, 3.63) is 29.8 Å². The first-order valence-corrected chi connectivity index (χ1v) is 8.27. The molecule has 0 heterocycles. The summed E-state index contributed by atoms with van der Waals surface area (Å²) in [5, 5.41) is 14.7. The van der Waals surface area contributed by atoms with Crippen molar-refractivity contribution in [2.75, 3.05) is 5.32 Å². The van der Waals surface area contributed by atoms with E-state index in [0.29, 0.717) is 31.4 Å². The highest BCUT2D eigenvalue weighted by Gasteiger charge is 2.30. The predicted octanol–water partition coefficient (Wildman–Crippen LogP) is 2.71. The Labute approximate surface area is 141 Å². The Kier molecular flexibility index (Phi) is 5.95. The summed E-state index contributed by atoms with van der Waals surface area (Å²) < 4.78 is 0. The van der Waals surface area contributed by atoms with Gasteiger partial charge in [0.2, 0.25) is 11.8 Å². The van der Waals surface area contributed by atoms with Crippen molar-refractivity contribution in [3.8, 4) is 0 Å². The normalized spacial score (nSPS) is 21.6. The Hall–Kier alpha value is -2.37. The first-order chi connectivity index (χ1) is 11.4. The Balaban J connectivity index is 1.92. The molecule has 1 atom stereocenters. The number of carboxylic acid groups (broad SMARTS) is 1. The molecule has 0 aliphatic heterocycles. The molecule has 1 aliphatic carbocycles. The van der Waals surface area contributed by atoms with Gasteiger partial charge in [0.15, 0.2) is 0 Å². The van der Waals surface area contributed by atoms with Gasteiger partial charge < -0.3 is 15.7 Å². The standard InChI is InChI=1S/C18H24N2O4/c1-11(15-4-3-5-16(10-15)20-12(2)21)19-17(22)13-6-8-14(9-7-13)18(23)24/h3-5,10-11,13-14H,6-9H2,1-2H3,(H,19,22)(H,20,21)(H,23,24). The maximum absolute atomic E-state index is 12.4. The Morgan fingerprint density at radius 3 is 2.33 bits per heavy atom. The van der Waals surface area contributed by atoms with Crippen LogP contribution in [-0.4, -0.2) is 22.9 Å². The van der Waals surface area contributed by atoms with Crippen molar-refractivity contribution in [2.45, 2.75) is 45.6 Å². The maximum Gasteiger partial charge on any atom is 0.306 e. The van der Waals surface area contributed by atoms with E-state index in [1.165, 1.54) is 6.92 Å². The zero-order valence-electron chi connectivity index (χ0n) is 14.0. The first kappa shape index (κ1) is 18.0. The molecule has 6 heteroatoms. The molecular weight excluding hydrogens is 308 g/mol. The van der Waals surface area contributed by atoms with Gasteiger partial charge in [-0.05, 0) is 50.3 Å². The van der Waals surface area contributed by atoms with E-state index in [9.17, 15) is 14.4 Å². The third-order valence-corrected chi connectivity index (χ3v) is 4.51. The number of carboxylic acids is 1. The highest BCUT2D eigenvalue weighted by atomic mass is 16.4. The highest BCUT2D eigenvalue weighted by Crippen LogP contribution is 2.29. The number of carbonyl (C=O) groups excluding carboxylic acids is 2. The van der Waals surface area contributed by atoms with E-state index in [0.717, 1.165) is 5.56 Å². The van der Waals surface area contributed by atoms with Gasteiger partial charge in [-0.2, -0.15) is 0 Å². The molecule has 1 aromatic rings. The average Bonchev–Trinajstić information content (AvgIpc) is 2.54. The summed E-state index contributed by atoms with van der Waals surface area (Å²) in [6, 6.07) is 7.20. The Bertz CT molecular complexity index is 621. The van der Waals surface area contributed by atoms with Crippen LogP contribution in [0.5, 0.6) is 0 Å². The maximum atomic E-state index is 12.4. The van der Waals surface area contributed by atoms with Crippen molar-refractivity contribution in [2.24, 2.45) is 11.8 Å². The van der Waals surface area contributed by atoms with Gasteiger partial charge >= 0.3 is 5.97 Å². The molecule has 1 fully saturated rings. The van der Waals surface area contributed by atoms with Crippen LogP contribution >= 0.6 is 0 Å². The first-order valence-electron chi connectivity index (χ1n) is 8.27. The van der Waals surface area contributed by atoms with Crippen LogP contribution in [0, 0.1) is 11.8 Å². The van der Waals surface area contributed by atoms with E-state index < -0.39 is 5.97 Å². The van der Waals surface area contributed by atoms with Gasteiger partial charge in [-0.15, -0.1) is 0 Å². The number of hydrogen-bond donors (Lipinski definition) is 3. The topological polar surface area (TPSA) is 95.5 Å². The fourth-order valence-electron chi connectivity index (χ4n) is 3.11. The SMILES string of the molecule is CC(=O)Nc1cccc(C(C)NC(=O)C2CCC(C(=O)O)CC2)c1. The molecule has 6 nitrogen and oxygen atoms in total. The minimum Gasteiger partial charge on any atom is -0.481 e. The van der Waals surface area contributed by atoms with E-state index in [-0.39, 0.29) is 29.7 Å². The largest absolute Gasteiger partial charge is 0.481 e. The molecule has 0 bridgehead atoms. The fourth-order valence-corrected chi connectivity index (χ4v) is 3.11. The molecule has 2 amide bonds. The van der Waals surface area contributed by atoms with Gasteiger partial charge in [0, 0.05) is 18.5 Å². The second kappa shape index (κ2) is 7.95. The van der Waals surface area contributed by atoms with Crippen LogP contribution < -0.4 is 10.6 Å². The van der Waals surface area contributed by atoms with Gasteiger partial charge in [-0.1, -0.05) is 12.1 Å². The molecule has 24 heavy (non-hydrogen) atoms. The summed E-state index contributed by atoms with van der Waals surface area (Å²) in [6.07, 6.45) is 2.34. The van der Waals surface area contributed by atoms with Crippen LogP contribution in [0.15, 0.2) is 24.3 Å². The zero-order chi connectivity index (χ0) is 17.7. The Morgan fingerprint density at radius 2 is 1.75 bits per heavy atom. The number of carbonyl (C=O) groups is 3. The number of anilines is 1. The molecule has 0 spiro atoms. The second-order valence-corrected chi connectivity index (χ2v) is 6.42. The van der Waals surface area contributed by atoms with Crippen molar-refractivity contribution >= 4 is 23.5 Å². The molecule has 1 aliphatic rings. The summed E-state index contributed by atoms with van der Waals surface area (Å²) in [5.41, 5.74) is 1.61. The van der Waals surface area contributed by atoms with Crippen LogP contribution in [0.3, 0.4) is 0 Å². The van der Waals surface area contributed by atoms with Gasteiger partial charge in [0.05, 0.1) is 12.0 Å². The summed E-state index contributed by atoms with van der Waals surface area (Å²) in [4.78, 5) is 34.5. The lowest BCUT2D eigenvalue weighted by atomic mass is 9.81. The lowest BCUT2D eigenvalue weighted by Crippen LogP contribution is -2.35. The van der Waals surface area contributed by atoms with E-state index in [1.54, 1.807) is 6.07 Å².